The summed E-state index contributed by atoms with van der Waals surface area (Å²) in [7, 11) is -3.23. The van der Waals surface area contributed by atoms with Crippen molar-refractivity contribution in [2.24, 2.45) is 0 Å². The van der Waals surface area contributed by atoms with Crippen molar-refractivity contribution >= 4 is 13.7 Å². The molecule has 1 atom stereocenters. The van der Waals surface area contributed by atoms with E-state index in [0.29, 0.717) is 19.3 Å². The number of hydrogen-bond acceptors (Lipinski definition) is 4. The van der Waals surface area contributed by atoms with Crippen LogP contribution in [0.15, 0.2) is 36.4 Å². The Morgan fingerprint density at radius 3 is 2.33 bits per heavy atom. The topological polar surface area (TPSA) is 47.6 Å². The lowest BCUT2D eigenvalue weighted by molar-refractivity contribution is 0.208. The molecule has 0 radical (unpaired) electrons. The lowest BCUT2D eigenvalue weighted by Gasteiger charge is -2.31. The Bertz CT molecular complexity index is 531. The van der Waals surface area contributed by atoms with Gasteiger partial charge in [-0.1, -0.05) is 61.7 Å². The molecule has 4 nitrogen and oxygen atoms in total. The van der Waals surface area contributed by atoms with Crippen LogP contribution in [0.1, 0.15) is 51.5 Å². The summed E-state index contributed by atoms with van der Waals surface area (Å²) in [5.41, 5.74) is 1.08. The smallest absolute Gasteiger partial charge is 0.308 e. The fourth-order valence-electron chi connectivity index (χ4n) is 3.09. The normalized spacial score (nSPS) is 18.1. The van der Waals surface area contributed by atoms with E-state index in [9.17, 15) is 4.57 Å². The molecule has 24 heavy (non-hydrogen) atoms. The second-order valence-electron chi connectivity index (χ2n) is 6.09. The summed E-state index contributed by atoms with van der Waals surface area (Å²) in [5.74, 6) is -0.416. The van der Waals surface area contributed by atoms with E-state index in [0.717, 1.165) is 18.4 Å². The summed E-state index contributed by atoms with van der Waals surface area (Å²) in [6.45, 7) is 4.45. The van der Waals surface area contributed by atoms with Crippen LogP contribution in [0.25, 0.3) is 6.08 Å². The van der Waals surface area contributed by atoms with Gasteiger partial charge in [0.05, 0.1) is 13.2 Å². The molecule has 0 bridgehead atoms. The predicted molar refractivity (Wildman–Crippen MR) is 100 cm³/mol. The lowest BCUT2D eigenvalue weighted by Crippen LogP contribution is -2.39. The molecule has 1 aliphatic rings. The molecule has 0 aliphatic heterocycles. The van der Waals surface area contributed by atoms with Gasteiger partial charge in [0.2, 0.25) is 0 Å². The third-order valence-electron chi connectivity index (χ3n) is 4.24. The summed E-state index contributed by atoms with van der Waals surface area (Å²) in [4.78, 5) is 0. The van der Waals surface area contributed by atoms with E-state index in [4.69, 9.17) is 9.05 Å². The van der Waals surface area contributed by atoms with E-state index in [-0.39, 0.29) is 0 Å². The van der Waals surface area contributed by atoms with Crippen LogP contribution >= 0.6 is 7.60 Å². The molecule has 1 aliphatic carbocycles. The van der Waals surface area contributed by atoms with E-state index in [1.807, 2.05) is 56.3 Å². The van der Waals surface area contributed by atoms with Crippen LogP contribution in [0.4, 0.5) is 0 Å². The first-order valence-corrected chi connectivity index (χ1v) is 10.7. The number of rotatable bonds is 9. The molecule has 2 rings (SSSR count). The van der Waals surface area contributed by atoms with Crippen molar-refractivity contribution in [1.82, 2.24) is 5.32 Å². The Hall–Kier alpha value is -0.930. The first kappa shape index (κ1) is 19.4. The van der Waals surface area contributed by atoms with E-state index in [2.05, 4.69) is 5.32 Å². The maximum Gasteiger partial charge on any atom is 0.351 e. The maximum atomic E-state index is 13.3. The lowest BCUT2D eigenvalue weighted by atomic mass is 9.95. The SMILES string of the molecule is CCOP(=O)(OCC)C(/C=C/c1ccccc1)NC1CCCCC1. The zero-order valence-electron chi connectivity index (χ0n) is 14.8. The van der Waals surface area contributed by atoms with E-state index < -0.39 is 13.4 Å². The van der Waals surface area contributed by atoms with Crippen molar-refractivity contribution in [3.63, 3.8) is 0 Å². The third-order valence-corrected chi connectivity index (χ3v) is 6.48. The zero-order chi connectivity index (χ0) is 17.3. The minimum Gasteiger partial charge on any atom is -0.308 e. The van der Waals surface area contributed by atoms with Crippen molar-refractivity contribution in [3.8, 4) is 0 Å². The quantitative estimate of drug-likeness (QED) is 0.620. The van der Waals surface area contributed by atoms with Gasteiger partial charge in [-0.2, -0.15) is 0 Å². The fourth-order valence-corrected chi connectivity index (χ4v) is 4.89. The maximum absolute atomic E-state index is 13.3. The Balaban J connectivity index is 2.18. The van der Waals surface area contributed by atoms with Crippen LogP contribution in [0.2, 0.25) is 0 Å². The average Bonchev–Trinajstić information content (AvgIpc) is 2.61. The highest BCUT2D eigenvalue weighted by Gasteiger charge is 2.35. The molecule has 1 saturated carbocycles. The second-order valence-corrected chi connectivity index (χ2v) is 8.24. The molecule has 0 spiro atoms. The molecular weight excluding hydrogens is 321 g/mol. The molecule has 0 heterocycles. The van der Waals surface area contributed by atoms with E-state index in [1.165, 1.54) is 19.3 Å². The van der Waals surface area contributed by atoms with Crippen LogP contribution in [0, 0.1) is 0 Å². The molecule has 1 aromatic rings. The highest BCUT2D eigenvalue weighted by atomic mass is 31.2. The average molecular weight is 351 g/mol. The van der Waals surface area contributed by atoms with Crippen molar-refractivity contribution in [2.75, 3.05) is 13.2 Å². The first-order chi connectivity index (χ1) is 11.7. The number of nitrogens with one attached hydrogen (secondary N) is 1. The van der Waals surface area contributed by atoms with Crippen molar-refractivity contribution in [1.29, 1.82) is 0 Å². The van der Waals surface area contributed by atoms with Gasteiger partial charge in [-0.15, -0.1) is 0 Å². The number of hydrogen-bond donors (Lipinski definition) is 1. The molecule has 1 N–H and O–H groups in total. The predicted octanol–water partition coefficient (Wildman–Crippen LogP) is 5.21. The van der Waals surface area contributed by atoms with Crippen LogP contribution in [-0.4, -0.2) is 25.0 Å². The van der Waals surface area contributed by atoms with Crippen molar-refractivity contribution in [3.05, 3.63) is 42.0 Å². The Morgan fingerprint density at radius 1 is 1.12 bits per heavy atom. The van der Waals surface area contributed by atoms with Crippen LogP contribution < -0.4 is 5.32 Å². The molecule has 5 heteroatoms. The minimum absolute atomic E-state index is 0.374. The molecular formula is C19H30NO3P. The van der Waals surface area contributed by atoms with Gasteiger partial charge in [0, 0.05) is 6.04 Å². The second kappa shape index (κ2) is 10.1. The molecule has 0 aromatic heterocycles. The zero-order valence-corrected chi connectivity index (χ0v) is 15.7. The standard InChI is InChI=1S/C19H30NO3P/c1-3-22-24(21,23-4-2)19(20-18-13-9-6-10-14-18)16-15-17-11-7-5-8-12-17/h5,7-8,11-12,15-16,18-20H,3-4,6,9-10,13-14H2,1-2H3/b16-15+. The molecule has 1 unspecified atom stereocenters. The Morgan fingerprint density at radius 2 is 1.75 bits per heavy atom. The molecule has 0 amide bonds. The molecule has 1 fully saturated rings. The van der Waals surface area contributed by atoms with Crippen LogP contribution in [0.3, 0.4) is 0 Å². The van der Waals surface area contributed by atoms with Gasteiger partial charge in [0.15, 0.2) is 0 Å². The summed E-state index contributed by atoms with van der Waals surface area (Å²) < 4.78 is 24.4. The number of benzene rings is 1. The van der Waals surface area contributed by atoms with Gasteiger partial charge >= 0.3 is 7.60 Å². The molecule has 0 saturated heterocycles. The summed E-state index contributed by atoms with van der Waals surface area (Å²) >= 11 is 0. The monoisotopic (exact) mass is 351 g/mol. The highest BCUT2D eigenvalue weighted by Crippen LogP contribution is 2.53. The first-order valence-electron chi connectivity index (χ1n) is 9.06. The Labute approximate surface area is 146 Å². The van der Waals surface area contributed by atoms with Crippen molar-refractivity contribution in [2.45, 2.75) is 57.8 Å². The van der Waals surface area contributed by atoms with Gasteiger partial charge < -0.3 is 9.05 Å². The molecule has 1 aromatic carbocycles. The van der Waals surface area contributed by atoms with Gasteiger partial charge in [0.1, 0.15) is 5.78 Å². The van der Waals surface area contributed by atoms with Gasteiger partial charge in [0.25, 0.3) is 0 Å². The van der Waals surface area contributed by atoms with Gasteiger partial charge in [-0.25, -0.2) is 0 Å². The summed E-state index contributed by atoms with van der Waals surface area (Å²) in [6, 6.07) is 10.4. The largest absolute Gasteiger partial charge is 0.351 e. The summed E-state index contributed by atoms with van der Waals surface area (Å²) in [5, 5.41) is 3.54. The fraction of sp³-hybridized carbons (Fsp3) is 0.579. The third kappa shape index (κ3) is 5.86. The van der Waals surface area contributed by atoms with Gasteiger partial charge in [-0.05, 0) is 32.3 Å². The highest BCUT2D eigenvalue weighted by molar-refractivity contribution is 7.54. The van der Waals surface area contributed by atoms with E-state index >= 15 is 0 Å². The van der Waals surface area contributed by atoms with Crippen molar-refractivity contribution < 1.29 is 13.6 Å². The Kier molecular flexibility index (Phi) is 8.20. The van der Waals surface area contributed by atoms with Gasteiger partial charge in [-0.3, -0.25) is 9.88 Å². The van der Waals surface area contributed by atoms with Crippen LogP contribution in [0.5, 0.6) is 0 Å². The minimum atomic E-state index is -3.23. The molecule has 134 valence electrons. The summed E-state index contributed by atoms with van der Waals surface area (Å²) in [6.07, 6.45) is 9.90. The van der Waals surface area contributed by atoms with E-state index in [1.54, 1.807) is 0 Å². The van der Waals surface area contributed by atoms with Crippen LogP contribution in [-0.2, 0) is 13.6 Å².